The molecule has 2 aromatic rings. The maximum Gasteiger partial charge on any atom is 0.338 e. The van der Waals surface area contributed by atoms with Crippen LogP contribution in [0.15, 0.2) is 48.5 Å². The summed E-state index contributed by atoms with van der Waals surface area (Å²) in [5, 5.41) is 2.88. The van der Waals surface area contributed by atoms with E-state index in [1.165, 1.54) is 0 Å². The minimum Gasteiger partial charge on any atom is -0.448 e. The number of aryl methyl sites for hydroxylation is 2. The molecule has 132 valence electrons. The summed E-state index contributed by atoms with van der Waals surface area (Å²) in [6.07, 6.45) is -0.821. The molecule has 0 aliphatic carbocycles. The summed E-state index contributed by atoms with van der Waals surface area (Å²) in [7, 11) is 0. The monoisotopic (exact) mass is 339 g/mol. The van der Waals surface area contributed by atoms with E-state index in [1.54, 1.807) is 24.3 Å². The minimum atomic E-state index is -0.821. The predicted molar refractivity (Wildman–Crippen MR) is 98.2 cm³/mol. The second kappa shape index (κ2) is 8.47. The van der Waals surface area contributed by atoms with Crippen molar-refractivity contribution >= 4 is 11.9 Å². The van der Waals surface area contributed by atoms with Gasteiger partial charge in [0.25, 0.3) is 5.91 Å². The highest BCUT2D eigenvalue weighted by Crippen LogP contribution is 2.13. The molecule has 4 nitrogen and oxygen atoms in total. The zero-order valence-electron chi connectivity index (χ0n) is 15.2. The number of nitrogens with one attached hydrogen (secondary N) is 1. The standard InChI is InChI=1S/C21H25NO3/c1-14(2)19(25-21(24)18-8-6-5-7-9-18)20(23)22-13-17-11-15(3)10-16(4)12-17/h5-12,14,19H,13H2,1-4H3,(H,22,23). The fourth-order valence-electron chi connectivity index (χ4n) is 2.71. The molecule has 0 aliphatic rings. The van der Waals surface area contributed by atoms with E-state index >= 15 is 0 Å². The van der Waals surface area contributed by atoms with Crippen molar-refractivity contribution in [3.05, 3.63) is 70.8 Å². The zero-order valence-corrected chi connectivity index (χ0v) is 15.2. The number of esters is 1. The van der Waals surface area contributed by atoms with Crippen molar-refractivity contribution < 1.29 is 14.3 Å². The number of carbonyl (C=O) groups is 2. The average Bonchev–Trinajstić information content (AvgIpc) is 2.57. The van der Waals surface area contributed by atoms with Gasteiger partial charge in [-0.2, -0.15) is 0 Å². The van der Waals surface area contributed by atoms with E-state index in [9.17, 15) is 9.59 Å². The van der Waals surface area contributed by atoms with Gasteiger partial charge in [-0.1, -0.05) is 61.4 Å². The lowest BCUT2D eigenvalue weighted by Gasteiger charge is -2.21. The topological polar surface area (TPSA) is 55.4 Å². The summed E-state index contributed by atoms with van der Waals surface area (Å²) < 4.78 is 5.44. The number of amides is 1. The maximum atomic E-state index is 12.5. The Hall–Kier alpha value is -2.62. The zero-order chi connectivity index (χ0) is 18.4. The van der Waals surface area contributed by atoms with Gasteiger partial charge in [-0.3, -0.25) is 4.79 Å². The second-order valence-electron chi connectivity index (χ2n) is 6.65. The number of hydrogen-bond acceptors (Lipinski definition) is 3. The summed E-state index contributed by atoms with van der Waals surface area (Å²) >= 11 is 0. The third kappa shape index (κ3) is 5.45. The molecule has 1 N–H and O–H groups in total. The van der Waals surface area contributed by atoms with E-state index in [0.717, 1.165) is 16.7 Å². The third-order valence-electron chi connectivity index (χ3n) is 3.86. The summed E-state index contributed by atoms with van der Waals surface area (Å²) in [4.78, 5) is 24.7. The fraction of sp³-hybridized carbons (Fsp3) is 0.333. The number of hydrogen-bond donors (Lipinski definition) is 1. The first-order chi connectivity index (χ1) is 11.9. The van der Waals surface area contributed by atoms with E-state index in [1.807, 2.05) is 45.9 Å². The van der Waals surface area contributed by atoms with E-state index in [2.05, 4.69) is 11.4 Å². The number of carbonyl (C=O) groups excluding carboxylic acids is 2. The number of ether oxygens (including phenoxy) is 1. The molecule has 1 unspecified atom stereocenters. The van der Waals surface area contributed by atoms with Crippen LogP contribution in [0.2, 0.25) is 0 Å². The van der Waals surface area contributed by atoms with Crippen molar-refractivity contribution in [1.29, 1.82) is 0 Å². The molecule has 1 amide bonds. The molecule has 2 aromatic carbocycles. The van der Waals surface area contributed by atoms with Crippen LogP contribution in [0.3, 0.4) is 0 Å². The van der Waals surface area contributed by atoms with Crippen LogP contribution in [-0.2, 0) is 16.1 Å². The van der Waals surface area contributed by atoms with Gasteiger partial charge in [-0.25, -0.2) is 4.79 Å². The highest BCUT2D eigenvalue weighted by atomic mass is 16.5. The van der Waals surface area contributed by atoms with Crippen molar-refractivity contribution in [2.75, 3.05) is 0 Å². The lowest BCUT2D eigenvalue weighted by molar-refractivity contribution is -0.132. The molecule has 0 heterocycles. The van der Waals surface area contributed by atoms with Gasteiger partial charge in [0.05, 0.1) is 5.56 Å². The summed E-state index contributed by atoms with van der Waals surface area (Å²) in [5.74, 6) is -0.883. The summed E-state index contributed by atoms with van der Waals surface area (Å²) in [6, 6.07) is 14.9. The van der Waals surface area contributed by atoms with Crippen LogP contribution in [0.4, 0.5) is 0 Å². The van der Waals surface area contributed by atoms with Crippen LogP contribution in [0.1, 0.15) is 40.9 Å². The Bertz CT molecular complexity index is 718. The molecule has 0 fully saturated rings. The Morgan fingerprint density at radius 2 is 1.60 bits per heavy atom. The molecule has 0 saturated heterocycles. The predicted octanol–water partition coefficient (Wildman–Crippen LogP) is 3.80. The summed E-state index contributed by atoms with van der Waals surface area (Å²) in [5.41, 5.74) is 3.78. The van der Waals surface area contributed by atoms with Crippen LogP contribution in [0.25, 0.3) is 0 Å². The first-order valence-electron chi connectivity index (χ1n) is 8.47. The Kier molecular flexibility index (Phi) is 6.34. The Balaban J connectivity index is 2.01. The van der Waals surface area contributed by atoms with Gasteiger partial charge in [-0.15, -0.1) is 0 Å². The largest absolute Gasteiger partial charge is 0.448 e. The van der Waals surface area contributed by atoms with Gasteiger partial charge in [0.2, 0.25) is 0 Å². The molecule has 0 aromatic heterocycles. The maximum absolute atomic E-state index is 12.5. The van der Waals surface area contributed by atoms with Gasteiger partial charge < -0.3 is 10.1 Å². The lowest BCUT2D eigenvalue weighted by atomic mass is 10.1. The highest BCUT2D eigenvalue weighted by Gasteiger charge is 2.26. The molecule has 0 saturated carbocycles. The number of benzene rings is 2. The fourth-order valence-corrected chi connectivity index (χ4v) is 2.71. The van der Waals surface area contributed by atoms with E-state index in [0.29, 0.717) is 12.1 Å². The highest BCUT2D eigenvalue weighted by molar-refractivity contribution is 5.92. The van der Waals surface area contributed by atoms with Crippen LogP contribution in [0, 0.1) is 19.8 Å². The minimum absolute atomic E-state index is 0.119. The molecular formula is C21H25NO3. The summed E-state index contributed by atoms with van der Waals surface area (Å²) in [6.45, 7) is 8.18. The van der Waals surface area contributed by atoms with Crippen molar-refractivity contribution in [3.63, 3.8) is 0 Å². The second-order valence-corrected chi connectivity index (χ2v) is 6.65. The Labute approximate surface area is 149 Å². The van der Waals surface area contributed by atoms with E-state index in [4.69, 9.17) is 4.74 Å². The molecule has 2 rings (SSSR count). The quantitative estimate of drug-likeness (QED) is 0.815. The SMILES string of the molecule is Cc1cc(C)cc(CNC(=O)C(OC(=O)c2ccccc2)C(C)C)c1. The van der Waals surface area contributed by atoms with Crippen molar-refractivity contribution in [3.8, 4) is 0 Å². The van der Waals surface area contributed by atoms with Gasteiger partial charge >= 0.3 is 5.97 Å². The molecule has 25 heavy (non-hydrogen) atoms. The Morgan fingerprint density at radius 3 is 2.16 bits per heavy atom. The average molecular weight is 339 g/mol. The van der Waals surface area contributed by atoms with Crippen molar-refractivity contribution in [2.24, 2.45) is 5.92 Å². The molecule has 0 aliphatic heterocycles. The van der Waals surface area contributed by atoms with Crippen LogP contribution in [-0.4, -0.2) is 18.0 Å². The number of rotatable bonds is 6. The van der Waals surface area contributed by atoms with Gasteiger partial charge in [0, 0.05) is 6.54 Å². The smallest absolute Gasteiger partial charge is 0.338 e. The molecular weight excluding hydrogens is 314 g/mol. The molecule has 0 bridgehead atoms. The molecule has 4 heteroatoms. The third-order valence-corrected chi connectivity index (χ3v) is 3.86. The Morgan fingerprint density at radius 1 is 1.00 bits per heavy atom. The normalized spacial score (nSPS) is 11.9. The first kappa shape index (κ1) is 18.7. The molecule has 0 radical (unpaired) electrons. The van der Waals surface area contributed by atoms with Gasteiger partial charge in [-0.05, 0) is 37.5 Å². The van der Waals surface area contributed by atoms with E-state index in [-0.39, 0.29) is 11.8 Å². The van der Waals surface area contributed by atoms with Gasteiger partial charge in [0.1, 0.15) is 0 Å². The first-order valence-corrected chi connectivity index (χ1v) is 8.47. The van der Waals surface area contributed by atoms with Crippen molar-refractivity contribution in [2.45, 2.75) is 40.3 Å². The van der Waals surface area contributed by atoms with Crippen LogP contribution < -0.4 is 5.32 Å². The van der Waals surface area contributed by atoms with Gasteiger partial charge in [0.15, 0.2) is 6.10 Å². The van der Waals surface area contributed by atoms with Crippen molar-refractivity contribution in [1.82, 2.24) is 5.32 Å². The van der Waals surface area contributed by atoms with Crippen LogP contribution >= 0.6 is 0 Å². The molecule has 0 spiro atoms. The molecule has 1 atom stereocenters. The van der Waals surface area contributed by atoms with E-state index < -0.39 is 12.1 Å². The van der Waals surface area contributed by atoms with Crippen LogP contribution in [0.5, 0.6) is 0 Å². The lowest BCUT2D eigenvalue weighted by Crippen LogP contribution is -2.40.